The first-order valence-corrected chi connectivity index (χ1v) is 9.56. The van der Waals surface area contributed by atoms with Crippen LogP contribution in [0.5, 0.6) is 0 Å². The van der Waals surface area contributed by atoms with Crippen molar-refractivity contribution in [1.82, 2.24) is 25.3 Å². The highest BCUT2D eigenvalue weighted by atomic mass is 35.5. The van der Waals surface area contributed by atoms with Crippen molar-refractivity contribution >= 4 is 29.5 Å². The first-order valence-electron chi connectivity index (χ1n) is 9.18. The number of amides is 3. The highest BCUT2D eigenvalue weighted by molar-refractivity contribution is 6.31. The van der Waals surface area contributed by atoms with Crippen LogP contribution in [0.1, 0.15) is 5.56 Å². The van der Waals surface area contributed by atoms with Crippen LogP contribution in [0.25, 0.3) is 0 Å². The van der Waals surface area contributed by atoms with Crippen molar-refractivity contribution in [2.45, 2.75) is 6.54 Å². The topological polar surface area (TPSA) is 80.3 Å². The number of nitrogens with one attached hydrogen (secondary N) is 2. The maximum Gasteiger partial charge on any atom is 0.324 e. The molecule has 2 saturated heterocycles. The number of urea groups is 1. The van der Waals surface area contributed by atoms with Crippen molar-refractivity contribution < 1.29 is 14.0 Å². The molecule has 10 heteroatoms. The Kier molecular flexibility index (Phi) is 6.69. The molecule has 0 radical (unpaired) electrons. The fourth-order valence-electron chi connectivity index (χ4n) is 3.32. The summed E-state index contributed by atoms with van der Waals surface area (Å²) in [5, 5.41) is 6.13. The molecular weight excluding hydrogens is 387 g/mol. The Hall–Kier alpha value is -2.39. The third-order valence-corrected chi connectivity index (χ3v) is 5.24. The molecule has 0 spiro atoms. The fourth-order valence-corrected chi connectivity index (χ4v) is 3.54. The van der Waals surface area contributed by atoms with Crippen molar-refractivity contribution in [2.24, 2.45) is 4.99 Å². The third kappa shape index (κ3) is 4.71. The van der Waals surface area contributed by atoms with Crippen molar-refractivity contribution in [3.8, 4) is 0 Å². The van der Waals surface area contributed by atoms with E-state index in [1.54, 1.807) is 19.2 Å². The third-order valence-electron chi connectivity index (χ3n) is 4.88. The predicted molar refractivity (Wildman–Crippen MR) is 105 cm³/mol. The van der Waals surface area contributed by atoms with E-state index in [1.165, 1.54) is 11.0 Å². The van der Waals surface area contributed by atoms with Gasteiger partial charge in [-0.15, -0.1) is 0 Å². The number of benzene rings is 1. The lowest BCUT2D eigenvalue weighted by Gasteiger charge is -2.36. The zero-order valence-corrected chi connectivity index (χ0v) is 16.5. The number of carbonyl (C=O) groups excluding carboxylic acids is 2. The summed E-state index contributed by atoms with van der Waals surface area (Å²) in [5.74, 6) is 0.214. The molecule has 3 rings (SSSR count). The first-order chi connectivity index (χ1) is 13.5. The number of halogens is 2. The van der Waals surface area contributed by atoms with Gasteiger partial charge in [-0.3, -0.25) is 19.6 Å². The van der Waals surface area contributed by atoms with Gasteiger partial charge in [0.05, 0.1) is 6.54 Å². The molecule has 0 bridgehead atoms. The lowest BCUT2D eigenvalue weighted by atomic mass is 10.2. The molecule has 8 nitrogen and oxygen atoms in total. The molecule has 1 aromatic rings. The molecule has 0 atom stereocenters. The summed E-state index contributed by atoms with van der Waals surface area (Å²) in [6.45, 7) is 4.20. The number of nitrogens with zero attached hydrogens (tertiary/aromatic N) is 4. The van der Waals surface area contributed by atoms with Crippen LogP contribution < -0.4 is 10.6 Å². The van der Waals surface area contributed by atoms with E-state index in [9.17, 15) is 14.0 Å². The number of piperazine rings is 1. The highest BCUT2D eigenvalue weighted by Gasteiger charge is 2.28. The summed E-state index contributed by atoms with van der Waals surface area (Å²) in [6.07, 6.45) is 0. The first kappa shape index (κ1) is 20.3. The number of hydrogen-bond acceptors (Lipinski definition) is 4. The monoisotopic (exact) mass is 410 g/mol. The molecule has 0 aliphatic carbocycles. The molecule has 2 heterocycles. The minimum atomic E-state index is -0.359. The minimum Gasteiger partial charge on any atom is -0.354 e. The number of imide groups is 1. The van der Waals surface area contributed by atoms with Crippen LogP contribution in [0.2, 0.25) is 5.02 Å². The number of hydrogen-bond donors (Lipinski definition) is 2. The van der Waals surface area contributed by atoms with Crippen molar-refractivity contribution in [1.29, 1.82) is 0 Å². The second kappa shape index (κ2) is 9.20. The number of aliphatic imine (C=N–C) groups is 1. The van der Waals surface area contributed by atoms with Crippen LogP contribution in [0.3, 0.4) is 0 Å². The maximum absolute atomic E-state index is 14.0. The van der Waals surface area contributed by atoms with E-state index in [1.807, 2.05) is 0 Å². The average Bonchev–Trinajstić information content (AvgIpc) is 3.01. The molecule has 0 unspecified atom stereocenters. The summed E-state index contributed by atoms with van der Waals surface area (Å²) in [5.41, 5.74) is 0.522. The van der Waals surface area contributed by atoms with Crippen LogP contribution in [0.15, 0.2) is 23.2 Å². The quantitative estimate of drug-likeness (QED) is 0.425. The van der Waals surface area contributed by atoms with Crippen molar-refractivity contribution in [3.63, 3.8) is 0 Å². The van der Waals surface area contributed by atoms with Crippen molar-refractivity contribution in [3.05, 3.63) is 34.6 Å². The van der Waals surface area contributed by atoms with Gasteiger partial charge in [0, 0.05) is 63.4 Å². The van der Waals surface area contributed by atoms with E-state index in [0.29, 0.717) is 23.7 Å². The fraction of sp³-hybridized carbons (Fsp3) is 0.500. The average molecular weight is 411 g/mol. The van der Waals surface area contributed by atoms with E-state index in [0.717, 1.165) is 32.1 Å². The molecule has 28 heavy (non-hydrogen) atoms. The molecule has 0 aromatic heterocycles. The van der Waals surface area contributed by atoms with Gasteiger partial charge in [-0.05, 0) is 12.1 Å². The molecule has 2 fully saturated rings. The Balaban J connectivity index is 1.46. The normalized spacial score (nSPS) is 18.6. The second-order valence-corrected chi connectivity index (χ2v) is 7.05. The van der Waals surface area contributed by atoms with Gasteiger partial charge in [0.15, 0.2) is 5.96 Å². The zero-order valence-electron chi connectivity index (χ0n) is 15.8. The molecule has 2 aliphatic rings. The molecular formula is C18H24ClFN6O2. The van der Waals surface area contributed by atoms with Crippen LogP contribution in [0, 0.1) is 5.82 Å². The maximum atomic E-state index is 14.0. The van der Waals surface area contributed by atoms with Crippen molar-refractivity contribution in [2.75, 3.05) is 52.9 Å². The SMILES string of the molecule is CN=C(NCCN1C(=O)CNC1=O)N1CCN(Cc2c(F)cccc2Cl)CC1. The van der Waals surface area contributed by atoms with Gasteiger partial charge >= 0.3 is 6.03 Å². The Morgan fingerprint density at radius 3 is 2.64 bits per heavy atom. The molecule has 0 saturated carbocycles. The summed E-state index contributed by atoms with van der Waals surface area (Å²) < 4.78 is 14.0. The lowest BCUT2D eigenvalue weighted by Crippen LogP contribution is -2.53. The standard InChI is InChI=1S/C18H24ClFN6O2/c1-21-17(22-5-6-26-16(27)11-23-18(26)28)25-9-7-24(8-10-25)12-13-14(19)3-2-4-15(13)20/h2-4H,5-12H2,1H3,(H,21,22)(H,23,28). The van der Waals surface area contributed by atoms with Gasteiger partial charge in [0.2, 0.25) is 5.91 Å². The molecule has 2 aliphatic heterocycles. The summed E-state index contributed by atoms with van der Waals surface area (Å²) >= 11 is 6.12. The van der Waals surface area contributed by atoms with E-state index >= 15 is 0 Å². The summed E-state index contributed by atoms with van der Waals surface area (Å²) in [4.78, 5) is 32.9. The molecule has 1 aromatic carbocycles. The van der Waals surface area contributed by atoms with E-state index < -0.39 is 0 Å². The number of guanidine groups is 1. The van der Waals surface area contributed by atoms with Gasteiger partial charge in [-0.25, -0.2) is 9.18 Å². The molecule has 2 N–H and O–H groups in total. The van der Waals surface area contributed by atoms with Gasteiger partial charge in [0.25, 0.3) is 0 Å². The summed E-state index contributed by atoms with van der Waals surface area (Å²) in [7, 11) is 1.70. The second-order valence-electron chi connectivity index (χ2n) is 6.64. The Bertz CT molecular complexity index is 730. The van der Waals surface area contributed by atoms with Crippen LogP contribution in [-0.4, -0.2) is 85.5 Å². The van der Waals surface area contributed by atoms with E-state index in [4.69, 9.17) is 11.6 Å². The van der Waals surface area contributed by atoms with Gasteiger partial charge in [-0.1, -0.05) is 17.7 Å². The molecule has 3 amide bonds. The van der Waals surface area contributed by atoms with Gasteiger partial charge in [-0.2, -0.15) is 0 Å². The van der Waals surface area contributed by atoms with Crippen LogP contribution >= 0.6 is 11.6 Å². The number of carbonyl (C=O) groups is 2. The van der Waals surface area contributed by atoms with Crippen LogP contribution in [0.4, 0.5) is 9.18 Å². The molecule has 152 valence electrons. The van der Waals surface area contributed by atoms with Gasteiger partial charge in [0.1, 0.15) is 5.82 Å². The Morgan fingerprint density at radius 2 is 2.04 bits per heavy atom. The van der Waals surface area contributed by atoms with Crippen LogP contribution in [-0.2, 0) is 11.3 Å². The smallest absolute Gasteiger partial charge is 0.324 e. The van der Waals surface area contributed by atoms with E-state index in [2.05, 4.69) is 25.4 Å². The van der Waals surface area contributed by atoms with Gasteiger partial charge < -0.3 is 15.5 Å². The largest absolute Gasteiger partial charge is 0.354 e. The minimum absolute atomic E-state index is 0.0571. The lowest BCUT2D eigenvalue weighted by molar-refractivity contribution is -0.124. The zero-order chi connectivity index (χ0) is 20.1. The summed E-state index contributed by atoms with van der Waals surface area (Å²) in [6, 6.07) is 4.37. The predicted octanol–water partition coefficient (Wildman–Crippen LogP) is 0.724. The Labute approximate surface area is 168 Å². The highest BCUT2D eigenvalue weighted by Crippen LogP contribution is 2.21. The van der Waals surface area contributed by atoms with E-state index in [-0.39, 0.29) is 30.8 Å². The Morgan fingerprint density at radius 1 is 1.29 bits per heavy atom. The number of rotatable bonds is 5.